The largest absolute Gasteiger partial charge is 0.394 e. The Labute approximate surface area is 192 Å². The smallest absolute Gasteiger partial charge is 0.149 e. The molecule has 0 saturated heterocycles. The van der Waals surface area contributed by atoms with E-state index < -0.39 is 23.1 Å². The monoisotopic (exact) mass is 439 g/mol. The summed E-state index contributed by atoms with van der Waals surface area (Å²) in [4.78, 5) is 0. The van der Waals surface area contributed by atoms with Crippen molar-refractivity contribution < 1.29 is 13.2 Å². The Morgan fingerprint density at radius 1 is 0.727 bits per heavy atom. The van der Waals surface area contributed by atoms with Crippen molar-refractivity contribution in [2.45, 2.75) is 13.3 Å². The fourth-order valence-corrected chi connectivity index (χ4v) is 3.63. The van der Waals surface area contributed by atoms with Crippen LogP contribution >= 0.6 is 0 Å². The number of rotatable bonds is 3. The first-order valence-electron chi connectivity index (χ1n) is 10.6. The molecule has 1 nitrogen and oxygen atoms in total. The number of hydrogen-bond acceptors (Lipinski definition) is 1. The van der Waals surface area contributed by atoms with Gasteiger partial charge in [-0.3, -0.25) is 0 Å². The number of anilines is 1. The number of benzene rings is 4. The molecule has 0 fully saturated rings. The maximum atomic E-state index is 14.9. The van der Waals surface area contributed by atoms with Gasteiger partial charge >= 0.3 is 0 Å². The summed E-state index contributed by atoms with van der Waals surface area (Å²) in [6.45, 7) is 2.05. The SMILES string of the molecule is Bc1ccc(C#Cc2ccc(-c3ccc(-c4cc(F)c(N)c(F)c4)c(F)c3)cc2CC)cc1. The van der Waals surface area contributed by atoms with Gasteiger partial charge in [0.05, 0.1) is 0 Å². The fourth-order valence-electron chi connectivity index (χ4n) is 3.63. The summed E-state index contributed by atoms with van der Waals surface area (Å²) in [6.07, 6.45) is 0.774. The van der Waals surface area contributed by atoms with E-state index in [4.69, 9.17) is 5.73 Å². The highest BCUT2D eigenvalue weighted by molar-refractivity contribution is 6.32. The van der Waals surface area contributed by atoms with E-state index in [2.05, 4.69) is 11.8 Å². The second kappa shape index (κ2) is 9.30. The zero-order chi connectivity index (χ0) is 23.5. The average Bonchev–Trinajstić information content (AvgIpc) is 2.81. The van der Waals surface area contributed by atoms with Crippen molar-refractivity contribution in [3.8, 4) is 34.1 Å². The van der Waals surface area contributed by atoms with E-state index in [1.807, 2.05) is 57.2 Å². The topological polar surface area (TPSA) is 26.0 Å². The van der Waals surface area contributed by atoms with Crippen LogP contribution in [0.3, 0.4) is 0 Å². The minimum Gasteiger partial charge on any atom is -0.394 e. The molecule has 5 heteroatoms. The van der Waals surface area contributed by atoms with Gasteiger partial charge in [-0.05, 0) is 71.1 Å². The van der Waals surface area contributed by atoms with Crippen molar-refractivity contribution in [2.75, 3.05) is 5.73 Å². The Hall–Kier alpha value is -3.91. The van der Waals surface area contributed by atoms with Gasteiger partial charge in [0.2, 0.25) is 0 Å². The molecule has 0 bridgehead atoms. The normalized spacial score (nSPS) is 10.5. The van der Waals surface area contributed by atoms with Gasteiger partial charge in [0.25, 0.3) is 0 Å². The van der Waals surface area contributed by atoms with Crippen LogP contribution in [0.1, 0.15) is 23.6 Å². The van der Waals surface area contributed by atoms with Crippen LogP contribution in [0.2, 0.25) is 0 Å². The van der Waals surface area contributed by atoms with E-state index in [1.54, 1.807) is 6.07 Å². The van der Waals surface area contributed by atoms with Gasteiger partial charge in [0.15, 0.2) is 0 Å². The summed E-state index contributed by atoms with van der Waals surface area (Å²) >= 11 is 0. The Morgan fingerprint density at radius 2 is 1.33 bits per heavy atom. The highest BCUT2D eigenvalue weighted by atomic mass is 19.1. The van der Waals surface area contributed by atoms with E-state index in [1.165, 1.54) is 17.6 Å². The third-order valence-corrected chi connectivity index (χ3v) is 5.57. The number of aryl methyl sites for hydroxylation is 1. The van der Waals surface area contributed by atoms with E-state index in [-0.39, 0.29) is 11.1 Å². The molecule has 0 aromatic heterocycles. The molecule has 33 heavy (non-hydrogen) atoms. The molecular formula is C28H21BF3N. The van der Waals surface area contributed by atoms with Gasteiger partial charge in [0, 0.05) is 16.7 Å². The summed E-state index contributed by atoms with van der Waals surface area (Å²) in [5, 5.41) is 0. The van der Waals surface area contributed by atoms with Gasteiger partial charge in [-0.25, -0.2) is 13.2 Å². The first-order chi connectivity index (χ1) is 15.9. The maximum absolute atomic E-state index is 14.9. The lowest BCUT2D eigenvalue weighted by molar-refractivity contribution is 0.591. The van der Waals surface area contributed by atoms with Crippen molar-refractivity contribution in [3.63, 3.8) is 0 Å². The predicted octanol–water partition coefficient (Wildman–Crippen LogP) is 5.24. The van der Waals surface area contributed by atoms with Gasteiger partial charge in [0.1, 0.15) is 31.0 Å². The summed E-state index contributed by atoms with van der Waals surface area (Å²) in [5.41, 5.74) is 10.6. The Balaban J connectivity index is 1.66. The lowest BCUT2D eigenvalue weighted by atomic mass is 9.94. The summed E-state index contributed by atoms with van der Waals surface area (Å²) in [5.74, 6) is 4.02. The first kappa shape index (κ1) is 22.3. The third kappa shape index (κ3) is 4.81. The Kier molecular flexibility index (Phi) is 6.28. The summed E-state index contributed by atoms with van der Waals surface area (Å²) < 4.78 is 42.5. The molecule has 0 unspecified atom stereocenters. The fraction of sp³-hybridized carbons (Fsp3) is 0.0714. The van der Waals surface area contributed by atoms with Crippen molar-refractivity contribution in [3.05, 3.63) is 107 Å². The van der Waals surface area contributed by atoms with Gasteiger partial charge < -0.3 is 5.73 Å². The van der Waals surface area contributed by atoms with Crippen LogP contribution in [0.25, 0.3) is 22.3 Å². The molecule has 2 N–H and O–H groups in total. The lowest BCUT2D eigenvalue weighted by Crippen LogP contribution is -1.99. The quantitative estimate of drug-likeness (QED) is 0.264. The van der Waals surface area contributed by atoms with E-state index >= 15 is 0 Å². The average molecular weight is 439 g/mol. The van der Waals surface area contributed by atoms with Crippen molar-refractivity contribution in [1.82, 2.24) is 0 Å². The second-order valence-corrected chi connectivity index (χ2v) is 7.89. The molecule has 0 aliphatic heterocycles. The standard InChI is InChI=1S/C28H21BF3N/c1-2-18-13-20(8-7-19(18)6-3-17-4-10-23(29)11-5-17)21-9-12-24(25(30)14-21)22-15-26(31)28(33)27(32)16-22/h4-5,7-16H,2,29,33H2,1H3. The summed E-state index contributed by atoms with van der Waals surface area (Å²) in [7, 11) is 2.03. The summed E-state index contributed by atoms with van der Waals surface area (Å²) in [6, 6.07) is 20.6. The zero-order valence-electron chi connectivity index (χ0n) is 18.3. The van der Waals surface area contributed by atoms with Crippen molar-refractivity contribution in [2.24, 2.45) is 0 Å². The van der Waals surface area contributed by atoms with Gasteiger partial charge in [-0.1, -0.05) is 54.6 Å². The van der Waals surface area contributed by atoms with Crippen LogP contribution in [0, 0.1) is 29.3 Å². The van der Waals surface area contributed by atoms with Crippen molar-refractivity contribution >= 4 is 19.0 Å². The lowest BCUT2D eigenvalue weighted by Gasteiger charge is -2.10. The highest BCUT2D eigenvalue weighted by Gasteiger charge is 2.13. The van der Waals surface area contributed by atoms with Crippen molar-refractivity contribution in [1.29, 1.82) is 0 Å². The molecule has 0 saturated carbocycles. The molecule has 0 aliphatic carbocycles. The minimum absolute atomic E-state index is 0.0965. The predicted molar refractivity (Wildman–Crippen MR) is 132 cm³/mol. The number of halogens is 3. The molecule has 4 aromatic carbocycles. The molecule has 0 aliphatic rings. The van der Waals surface area contributed by atoms with Crippen LogP contribution in [-0.2, 0) is 6.42 Å². The maximum Gasteiger partial charge on any atom is 0.149 e. The van der Waals surface area contributed by atoms with Crippen LogP contribution in [0.4, 0.5) is 18.9 Å². The second-order valence-electron chi connectivity index (χ2n) is 7.89. The first-order valence-corrected chi connectivity index (χ1v) is 10.6. The Morgan fingerprint density at radius 3 is 1.97 bits per heavy atom. The molecule has 4 aromatic rings. The molecule has 4 rings (SSSR count). The third-order valence-electron chi connectivity index (χ3n) is 5.57. The van der Waals surface area contributed by atoms with E-state index in [0.717, 1.165) is 40.8 Å². The van der Waals surface area contributed by atoms with Crippen LogP contribution in [0.5, 0.6) is 0 Å². The number of nitrogens with two attached hydrogens (primary N) is 1. The molecule has 162 valence electrons. The number of nitrogen functional groups attached to an aromatic ring is 1. The molecule has 0 heterocycles. The van der Waals surface area contributed by atoms with Crippen LogP contribution in [-0.4, -0.2) is 7.85 Å². The van der Waals surface area contributed by atoms with E-state index in [9.17, 15) is 13.2 Å². The molecular weight excluding hydrogens is 418 g/mol. The molecule has 0 atom stereocenters. The Bertz CT molecular complexity index is 1380. The van der Waals surface area contributed by atoms with Crippen LogP contribution in [0.15, 0.2) is 72.8 Å². The molecule has 0 radical (unpaired) electrons. The van der Waals surface area contributed by atoms with Crippen LogP contribution < -0.4 is 11.2 Å². The number of hydrogen-bond donors (Lipinski definition) is 1. The minimum atomic E-state index is -0.914. The molecule has 0 amide bonds. The van der Waals surface area contributed by atoms with E-state index in [0.29, 0.717) is 5.56 Å². The molecule has 0 spiro atoms. The van der Waals surface area contributed by atoms with Gasteiger partial charge in [-0.2, -0.15) is 0 Å². The zero-order valence-corrected chi connectivity index (χ0v) is 18.3. The highest BCUT2D eigenvalue weighted by Crippen LogP contribution is 2.31. The van der Waals surface area contributed by atoms with Gasteiger partial charge in [-0.15, -0.1) is 0 Å².